The average Bonchev–Trinajstić information content (AvgIpc) is 3.26. The maximum absolute atomic E-state index is 13.9. The molecule has 0 spiro atoms. The zero-order valence-electron chi connectivity index (χ0n) is 21.3. The summed E-state index contributed by atoms with van der Waals surface area (Å²) in [7, 11) is 4.80. The molecule has 0 radical (unpaired) electrons. The molecule has 0 unspecified atom stereocenters. The van der Waals surface area contributed by atoms with Crippen molar-refractivity contribution in [1.29, 1.82) is 0 Å². The van der Waals surface area contributed by atoms with E-state index in [-0.39, 0.29) is 24.4 Å². The molecule has 192 valence electrons. The summed E-state index contributed by atoms with van der Waals surface area (Å²) in [5, 5.41) is 7.99. The van der Waals surface area contributed by atoms with Crippen LogP contribution in [0.25, 0.3) is 10.8 Å². The van der Waals surface area contributed by atoms with E-state index >= 15 is 0 Å². The Morgan fingerprint density at radius 1 is 1.05 bits per heavy atom. The molecule has 2 atom stereocenters. The fraction of sp³-hybridized carbons (Fsp3) is 0.321. The van der Waals surface area contributed by atoms with Gasteiger partial charge in [0, 0.05) is 27.1 Å². The lowest BCUT2D eigenvalue weighted by atomic mass is 9.99. The van der Waals surface area contributed by atoms with Crippen LogP contribution in [0.2, 0.25) is 0 Å². The molecule has 9 nitrogen and oxygen atoms in total. The molecule has 0 bridgehead atoms. The third-order valence-electron chi connectivity index (χ3n) is 7.29. The number of urea groups is 1. The van der Waals surface area contributed by atoms with Crippen molar-refractivity contribution < 1.29 is 19.1 Å². The topological polar surface area (TPSA) is 85.4 Å². The summed E-state index contributed by atoms with van der Waals surface area (Å²) in [6.07, 6.45) is -0.0834. The van der Waals surface area contributed by atoms with Crippen molar-refractivity contribution in [2.24, 2.45) is 0 Å². The van der Waals surface area contributed by atoms with E-state index in [1.807, 2.05) is 53.4 Å². The number of amides is 4. The number of nitrogens with one attached hydrogen (secondary N) is 1. The van der Waals surface area contributed by atoms with E-state index in [1.165, 1.54) is 5.01 Å². The molecule has 3 aromatic rings. The first kappa shape index (κ1) is 24.6. The highest BCUT2D eigenvalue weighted by Gasteiger charge is 2.51. The molecule has 2 aliphatic heterocycles. The summed E-state index contributed by atoms with van der Waals surface area (Å²) in [6.45, 7) is 0.743. The first-order chi connectivity index (χ1) is 17.9. The molecule has 1 N–H and O–H groups in total. The first-order valence-electron chi connectivity index (χ1n) is 12.3. The number of fused-ring (bicyclic) bond motifs is 2. The molecule has 0 aromatic heterocycles. The Labute approximate surface area is 216 Å². The second-order valence-electron chi connectivity index (χ2n) is 9.38. The average molecular weight is 502 g/mol. The van der Waals surface area contributed by atoms with E-state index in [2.05, 4.69) is 23.5 Å². The van der Waals surface area contributed by atoms with Crippen LogP contribution < -0.4 is 10.1 Å². The van der Waals surface area contributed by atoms with Crippen molar-refractivity contribution in [3.63, 3.8) is 0 Å². The van der Waals surface area contributed by atoms with E-state index in [1.54, 1.807) is 31.1 Å². The Bertz CT molecular complexity index is 1320. The standard InChI is InChI=1S/C28H31N5O4/c1-29-28(36)30(2)32-18-26(34)33-24(15-19-11-13-22(37-3)14-12-19)27(35)31(17-25(32)33)16-21-9-6-8-20-7-4-5-10-23(20)21/h4-14,24-25H,15-18H2,1-3H3,(H,29,36)/t24-,25+/m0/s1. The Morgan fingerprint density at radius 2 is 1.78 bits per heavy atom. The predicted molar refractivity (Wildman–Crippen MR) is 139 cm³/mol. The third kappa shape index (κ3) is 4.58. The highest BCUT2D eigenvalue weighted by molar-refractivity contribution is 5.92. The zero-order chi connectivity index (χ0) is 26.1. The Balaban J connectivity index is 1.50. The maximum Gasteiger partial charge on any atom is 0.331 e. The van der Waals surface area contributed by atoms with Crippen LogP contribution in [0.1, 0.15) is 11.1 Å². The lowest BCUT2D eigenvalue weighted by molar-refractivity contribution is -0.157. The number of benzene rings is 3. The molecule has 0 saturated carbocycles. The number of methoxy groups -OCH3 is 1. The molecule has 3 aromatic carbocycles. The highest BCUT2D eigenvalue weighted by Crippen LogP contribution is 2.31. The van der Waals surface area contributed by atoms with Gasteiger partial charge in [0.25, 0.3) is 0 Å². The zero-order valence-corrected chi connectivity index (χ0v) is 21.3. The van der Waals surface area contributed by atoms with Gasteiger partial charge in [-0.1, -0.05) is 54.6 Å². The molecule has 2 saturated heterocycles. The molecule has 0 aliphatic carbocycles. The van der Waals surface area contributed by atoms with E-state index in [0.29, 0.717) is 19.5 Å². The van der Waals surface area contributed by atoms with Crippen LogP contribution in [0, 0.1) is 0 Å². The molecule has 4 amide bonds. The Kier molecular flexibility index (Phi) is 6.71. The third-order valence-corrected chi connectivity index (χ3v) is 7.29. The van der Waals surface area contributed by atoms with Crippen LogP contribution in [0.5, 0.6) is 5.75 Å². The largest absolute Gasteiger partial charge is 0.497 e. The molecule has 9 heteroatoms. The van der Waals surface area contributed by atoms with Gasteiger partial charge in [0.1, 0.15) is 18.0 Å². The number of carbonyl (C=O) groups excluding carboxylic acids is 3. The van der Waals surface area contributed by atoms with Crippen molar-refractivity contribution in [2.45, 2.75) is 25.2 Å². The minimum absolute atomic E-state index is 0.0308. The fourth-order valence-corrected chi connectivity index (χ4v) is 5.35. The number of carbonyl (C=O) groups is 3. The number of hydrogen-bond acceptors (Lipinski definition) is 5. The Hall–Kier alpha value is -4.11. The second kappa shape index (κ2) is 10.1. The number of ether oxygens (including phenoxy) is 1. The van der Waals surface area contributed by atoms with Crippen LogP contribution in [0.15, 0.2) is 66.7 Å². The maximum atomic E-state index is 13.9. The van der Waals surface area contributed by atoms with Crippen molar-refractivity contribution in [1.82, 2.24) is 25.1 Å². The van der Waals surface area contributed by atoms with Gasteiger partial charge in [-0.05, 0) is 34.0 Å². The normalized spacial score (nSPS) is 19.8. The minimum atomic E-state index is -0.683. The van der Waals surface area contributed by atoms with Crippen LogP contribution in [0.4, 0.5) is 4.79 Å². The van der Waals surface area contributed by atoms with Gasteiger partial charge >= 0.3 is 6.03 Å². The minimum Gasteiger partial charge on any atom is -0.497 e. The summed E-state index contributed by atoms with van der Waals surface area (Å²) >= 11 is 0. The predicted octanol–water partition coefficient (Wildman–Crippen LogP) is 2.46. The molecule has 2 heterocycles. The van der Waals surface area contributed by atoms with Gasteiger partial charge in [-0.25, -0.2) is 4.79 Å². The van der Waals surface area contributed by atoms with E-state index in [4.69, 9.17) is 4.74 Å². The number of nitrogens with zero attached hydrogens (tertiary/aromatic N) is 4. The monoisotopic (exact) mass is 501 g/mol. The van der Waals surface area contributed by atoms with Gasteiger partial charge in [-0.15, -0.1) is 0 Å². The summed E-state index contributed by atoms with van der Waals surface area (Å²) < 4.78 is 5.27. The molecule has 2 aliphatic rings. The van der Waals surface area contributed by atoms with Gasteiger partial charge in [-0.2, -0.15) is 5.01 Å². The summed E-state index contributed by atoms with van der Waals surface area (Å²) in [5.74, 6) is 0.458. The van der Waals surface area contributed by atoms with E-state index < -0.39 is 12.2 Å². The number of rotatable bonds is 6. The quantitative estimate of drug-likeness (QED) is 0.561. The van der Waals surface area contributed by atoms with Crippen LogP contribution in [-0.4, -0.2) is 84.2 Å². The SMILES string of the molecule is CNC(=O)N(C)N1CC(=O)N2[C@@H](Cc3ccc(OC)cc3)C(=O)N(Cc3cccc4ccccc34)C[C@@H]21. The van der Waals surface area contributed by atoms with Gasteiger partial charge in [0.05, 0.1) is 20.2 Å². The summed E-state index contributed by atoms with van der Waals surface area (Å²) in [4.78, 5) is 43.1. The van der Waals surface area contributed by atoms with Gasteiger partial charge < -0.3 is 19.9 Å². The summed E-state index contributed by atoms with van der Waals surface area (Å²) in [5.41, 5.74) is 1.97. The van der Waals surface area contributed by atoms with Crippen LogP contribution in [0.3, 0.4) is 0 Å². The van der Waals surface area contributed by atoms with Gasteiger partial charge in [0.15, 0.2) is 0 Å². The van der Waals surface area contributed by atoms with Crippen molar-refractivity contribution >= 4 is 28.6 Å². The molecular weight excluding hydrogens is 470 g/mol. The first-order valence-corrected chi connectivity index (χ1v) is 12.3. The lowest BCUT2D eigenvalue weighted by Crippen LogP contribution is -2.65. The Morgan fingerprint density at radius 3 is 2.51 bits per heavy atom. The highest BCUT2D eigenvalue weighted by atomic mass is 16.5. The molecule has 37 heavy (non-hydrogen) atoms. The summed E-state index contributed by atoms with van der Waals surface area (Å²) in [6, 6.07) is 20.7. The lowest BCUT2D eigenvalue weighted by Gasteiger charge is -2.45. The molecule has 5 rings (SSSR count). The molecular formula is C28H31N5O4. The number of piperazine rings is 1. The van der Waals surface area contributed by atoms with Crippen molar-refractivity contribution in [3.05, 3.63) is 77.9 Å². The van der Waals surface area contributed by atoms with Crippen LogP contribution in [-0.2, 0) is 22.6 Å². The fourth-order valence-electron chi connectivity index (χ4n) is 5.35. The van der Waals surface area contributed by atoms with E-state index in [0.717, 1.165) is 27.6 Å². The smallest absolute Gasteiger partial charge is 0.331 e. The molecule has 2 fully saturated rings. The number of hydrogen-bond donors (Lipinski definition) is 1. The van der Waals surface area contributed by atoms with Crippen LogP contribution >= 0.6 is 0 Å². The van der Waals surface area contributed by atoms with Crippen molar-refractivity contribution in [3.8, 4) is 5.75 Å². The van der Waals surface area contributed by atoms with Crippen molar-refractivity contribution in [2.75, 3.05) is 34.3 Å². The van der Waals surface area contributed by atoms with Gasteiger partial charge in [-0.3, -0.25) is 14.6 Å². The second-order valence-corrected chi connectivity index (χ2v) is 9.38. The number of hydrazine groups is 1. The van der Waals surface area contributed by atoms with E-state index in [9.17, 15) is 14.4 Å². The van der Waals surface area contributed by atoms with Gasteiger partial charge in [0.2, 0.25) is 11.8 Å².